The van der Waals surface area contributed by atoms with Crippen LogP contribution in [0.1, 0.15) is 0 Å². The maximum absolute atomic E-state index is 11.9. The van der Waals surface area contributed by atoms with E-state index in [1.807, 2.05) is 0 Å². The molecule has 0 N–H and O–H groups in total. The summed E-state index contributed by atoms with van der Waals surface area (Å²) in [6.07, 6.45) is -5.67. The zero-order chi connectivity index (χ0) is 11.5. The number of cyclic esters (lactones) is 4. The average molecular weight is 247 g/mol. The Bertz CT molecular complexity index is 262. The molecular weight excluding hydrogens is 242 g/mol. The van der Waals surface area contributed by atoms with Crippen molar-refractivity contribution in [3.8, 4) is 0 Å². The molecule has 6 nitrogen and oxygen atoms in total. The molecule has 0 amide bonds. The van der Waals surface area contributed by atoms with Crippen molar-refractivity contribution in [3.05, 3.63) is 0 Å². The third kappa shape index (κ3) is 3.39. The molecule has 0 aliphatic carbocycles. The smallest absolute Gasteiger partial charge is 0.431 e. The molecule has 0 radical (unpaired) electrons. The molecule has 2 saturated heterocycles. The molecule has 15 heavy (non-hydrogen) atoms. The fourth-order valence-corrected chi connectivity index (χ4v) is 0.744. The van der Waals surface area contributed by atoms with Crippen molar-refractivity contribution in [1.29, 1.82) is 0 Å². The van der Waals surface area contributed by atoms with Crippen molar-refractivity contribution in [2.45, 2.75) is 11.7 Å². The third-order valence-electron chi connectivity index (χ3n) is 1.21. The first kappa shape index (κ1) is 11.8. The van der Waals surface area contributed by atoms with Gasteiger partial charge in [-0.25, -0.2) is 9.59 Å². The van der Waals surface area contributed by atoms with Gasteiger partial charge in [0.15, 0.2) is 0 Å². The van der Waals surface area contributed by atoms with Gasteiger partial charge in [-0.2, -0.15) is 8.78 Å². The van der Waals surface area contributed by atoms with Crippen LogP contribution in [0.15, 0.2) is 0 Å². The lowest BCUT2D eigenvalue weighted by molar-refractivity contribution is -0.180. The lowest BCUT2D eigenvalue weighted by Gasteiger charge is -2.04. The second-order valence-corrected chi connectivity index (χ2v) is 2.69. The van der Waals surface area contributed by atoms with Crippen LogP contribution in [-0.4, -0.2) is 37.2 Å². The predicted octanol–water partition coefficient (Wildman–Crippen LogP) is 1.46. The van der Waals surface area contributed by atoms with Crippen LogP contribution in [0.5, 0.6) is 0 Å². The summed E-state index contributed by atoms with van der Waals surface area (Å²) >= 11 is 4.78. The summed E-state index contributed by atoms with van der Waals surface area (Å²) in [6.45, 7) is 0.831. The maximum Gasteiger partial charge on any atom is 0.515 e. The van der Waals surface area contributed by atoms with Crippen LogP contribution in [0.4, 0.5) is 18.4 Å². The number of halogens is 3. The molecule has 0 aromatic heterocycles. The second kappa shape index (κ2) is 4.47. The minimum atomic E-state index is -3.68. The highest BCUT2D eigenvalue weighted by atomic mass is 35.5. The van der Waals surface area contributed by atoms with Gasteiger partial charge in [0.25, 0.3) is 5.56 Å². The van der Waals surface area contributed by atoms with Crippen LogP contribution >= 0.6 is 11.6 Å². The second-order valence-electron chi connectivity index (χ2n) is 2.29. The van der Waals surface area contributed by atoms with Crippen LogP contribution in [0.3, 0.4) is 0 Å². The standard InChI is InChI=1S/C3HClF2O3.C3H4O3/c4-1-3(5,6)9-2(7)8-1;4-3-5-1-2-6-3/h1H;1-2H2. The van der Waals surface area contributed by atoms with Gasteiger partial charge in [0.1, 0.15) is 13.2 Å². The van der Waals surface area contributed by atoms with Gasteiger partial charge in [0, 0.05) is 0 Å². The highest BCUT2D eigenvalue weighted by Gasteiger charge is 2.52. The van der Waals surface area contributed by atoms with Crippen molar-refractivity contribution < 1.29 is 37.3 Å². The molecule has 1 unspecified atom stereocenters. The topological polar surface area (TPSA) is 71.1 Å². The largest absolute Gasteiger partial charge is 0.515 e. The van der Waals surface area contributed by atoms with E-state index in [4.69, 9.17) is 11.6 Å². The van der Waals surface area contributed by atoms with Crippen LogP contribution in [0.2, 0.25) is 0 Å². The van der Waals surface area contributed by atoms with Crippen molar-refractivity contribution in [3.63, 3.8) is 0 Å². The summed E-state index contributed by atoms with van der Waals surface area (Å²) in [7, 11) is 0. The molecule has 0 aromatic rings. The Labute approximate surface area is 87.0 Å². The Morgan fingerprint density at radius 3 is 1.87 bits per heavy atom. The highest BCUT2D eigenvalue weighted by molar-refractivity contribution is 6.21. The zero-order valence-electron chi connectivity index (χ0n) is 7.07. The number of ether oxygens (including phenoxy) is 4. The summed E-state index contributed by atoms with van der Waals surface area (Å²) in [5.41, 5.74) is -2.00. The Kier molecular flexibility index (Phi) is 3.51. The van der Waals surface area contributed by atoms with Crippen LogP contribution in [0, 0.1) is 0 Å². The quantitative estimate of drug-likeness (QED) is 0.476. The molecular formula is C6H5ClF2O6. The summed E-state index contributed by atoms with van der Waals surface area (Å²) in [5, 5.41) is 0. The van der Waals surface area contributed by atoms with Gasteiger partial charge in [-0.05, 0) is 0 Å². The van der Waals surface area contributed by atoms with Gasteiger partial charge in [0.2, 0.25) is 0 Å². The minimum absolute atomic E-state index is 0.416. The van der Waals surface area contributed by atoms with E-state index in [9.17, 15) is 18.4 Å². The fourth-order valence-electron chi connectivity index (χ4n) is 0.626. The van der Waals surface area contributed by atoms with Crippen molar-refractivity contribution in [1.82, 2.24) is 0 Å². The zero-order valence-corrected chi connectivity index (χ0v) is 7.83. The molecule has 0 spiro atoms. The monoisotopic (exact) mass is 246 g/mol. The summed E-state index contributed by atoms with van der Waals surface area (Å²) in [5.74, 6) is 0. The maximum atomic E-state index is 11.9. The van der Waals surface area contributed by atoms with Gasteiger partial charge in [-0.3, -0.25) is 0 Å². The Hall–Kier alpha value is -1.31. The first-order valence-corrected chi connectivity index (χ1v) is 4.06. The number of hydrogen-bond acceptors (Lipinski definition) is 6. The van der Waals surface area contributed by atoms with Crippen molar-refractivity contribution in [2.75, 3.05) is 13.2 Å². The molecule has 2 rings (SSSR count). The minimum Gasteiger partial charge on any atom is -0.431 e. The highest BCUT2D eigenvalue weighted by Crippen LogP contribution is 2.32. The third-order valence-corrected chi connectivity index (χ3v) is 1.55. The Morgan fingerprint density at radius 1 is 1.20 bits per heavy atom. The SMILES string of the molecule is O=C1OC(Cl)C(F)(F)O1.O=C1OCCO1. The lowest BCUT2D eigenvalue weighted by Crippen LogP contribution is -2.24. The fraction of sp³-hybridized carbons (Fsp3) is 0.667. The average Bonchev–Trinajstić information content (AvgIpc) is 2.62. The molecule has 2 aliphatic rings. The van der Waals surface area contributed by atoms with Gasteiger partial charge in [-0.1, -0.05) is 11.6 Å². The van der Waals surface area contributed by atoms with E-state index >= 15 is 0 Å². The van der Waals surface area contributed by atoms with Gasteiger partial charge in [-0.15, -0.1) is 0 Å². The van der Waals surface area contributed by atoms with Crippen molar-refractivity contribution >= 4 is 23.9 Å². The Balaban J connectivity index is 0.000000162. The normalized spacial score (nSPS) is 26.7. The van der Waals surface area contributed by atoms with E-state index in [2.05, 4.69) is 18.9 Å². The van der Waals surface area contributed by atoms with Gasteiger partial charge < -0.3 is 18.9 Å². The first-order valence-electron chi connectivity index (χ1n) is 3.63. The summed E-state index contributed by atoms with van der Waals surface area (Å²) < 4.78 is 39.4. The molecule has 0 bridgehead atoms. The predicted molar refractivity (Wildman–Crippen MR) is 39.5 cm³/mol. The summed E-state index contributed by atoms with van der Waals surface area (Å²) in [4.78, 5) is 19.7. The van der Waals surface area contributed by atoms with Gasteiger partial charge in [0.05, 0.1) is 0 Å². The number of hydrogen-bond donors (Lipinski definition) is 0. The van der Waals surface area contributed by atoms with Crippen LogP contribution in [-0.2, 0) is 18.9 Å². The molecule has 86 valence electrons. The Morgan fingerprint density at radius 2 is 1.73 bits per heavy atom. The summed E-state index contributed by atoms with van der Waals surface area (Å²) in [6, 6.07) is 0. The van der Waals surface area contributed by atoms with E-state index in [1.54, 1.807) is 0 Å². The number of rotatable bonds is 0. The first-order chi connectivity index (χ1) is 6.92. The van der Waals surface area contributed by atoms with E-state index in [0.29, 0.717) is 13.2 Å². The number of alkyl halides is 3. The molecule has 0 saturated carbocycles. The molecule has 9 heteroatoms. The lowest BCUT2D eigenvalue weighted by atomic mass is 10.7. The van der Waals surface area contributed by atoms with Crippen LogP contribution < -0.4 is 0 Å². The van der Waals surface area contributed by atoms with Crippen molar-refractivity contribution in [2.24, 2.45) is 0 Å². The molecule has 2 aliphatic heterocycles. The number of carbonyl (C=O) groups is 2. The molecule has 0 aromatic carbocycles. The van der Waals surface area contributed by atoms with E-state index in [-0.39, 0.29) is 0 Å². The van der Waals surface area contributed by atoms with E-state index in [0.717, 1.165) is 0 Å². The van der Waals surface area contributed by atoms with Crippen LogP contribution in [0.25, 0.3) is 0 Å². The van der Waals surface area contributed by atoms with E-state index in [1.165, 1.54) is 0 Å². The molecule has 1 atom stereocenters. The van der Waals surface area contributed by atoms with Gasteiger partial charge >= 0.3 is 18.4 Å². The molecule has 2 fully saturated rings. The van der Waals surface area contributed by atoms with E-state index < -0.39 is 24.0 Å². The number of carbonyl (C=O) groups excluding carboxylic acids is 2. The molecule has 2 heterocycles.